The molecule has 0 aliphatic rings. The van der Waals surface area contributed by atoms with Crippen molar-refractivity contribution in [2.45, 2.75) is 12.6 Å². The van der Waals surface area contributed by atoms with Crippen molar-refractivity contribution < 1.29 is 22.4 Å². The van der Waals surface area contributed by atoms with Crippen LogP contribution in [0, 0.1) is 5.82 Å². The predicted molar refractivity (Wildman–Crippen MR) is 75.0 cm³/mol. The minimum absolute atomic E-state index is 0.184. The molecule has 1 amide bonds. The largest absolute Gasteiger partial charge is 0.394 e. The molecule has 0 bridgehead atoms. The molecule has 2 rings (SSSR count). The Hall–Kier alpha value is -1.90. The van der Waals surface area contributed by atoms with Gasteiger partial charge in [-0.1, -0.05) is 0 Å². The second-order valence-corrected chi connectivity index (χ2v) is 5.39. The lowest BCUT2D eigenvalue weighted by molar-refractivity contribution is -0.127. The van der Waals surface area contributed by atoms with Crippen molar-refractivity contribution in [2.24, 2.45) is 7.05 Å². The van der Waals surface area contributed by atoms with Gasteiger partial charge in [-0.05, 0) is 34.1 Å². The van der Waals surface area contributed by atoms with Gasteiger partial charge in [-0.25, -0.2) is 4.39 Å². The number of hydrogen-bond acceptors (Lipinski definition) is 2. The lowest BCUT2D eigenvalue weighted by Gasteiger charge is -2.08. The van der Waals surface area contributed by atoms with Crippen LogP contribution in [0.15, 0.2) is 28.9 Å². The number of carbonyl (C=O) groups is 1. The first-order valence-corrected chi connectivity index (χ1v) is 6.80. The molecule has 0 saturated heterocycles. The Bertz CT molecular complexity index is 712. The Morgan fingerprint density at radius 2 is 2.09 bits per heavy atom. The molecule has 1 aromatic heterocycles. The molecule has 0 saturated carbocycles. The number of halogens is 5. The van der Waals surface area contributed by atoms with Crippen molar-refractivity contribution in [1.29, 1.82) is 0 Å². The Balaban J connectivity index is 2.26. The number of hydrogen-bond donors (Lipinski definition) is 1. The molecule has 0 aliphatic carbocycles. The maximum absolute atomic E-state index is 13.0. The van der Waals surface area contributed by atoms with Gasteiger partial charge in [-0.2, -0.15) is 18.3 Å². The SMILES string of the molecule is Cn1cc(C(=O)Nc2ccc(F)cc2Br)c(CC(F)(F)F)n1. The van der Waals surface area contributed by atoms with Crippen molar-refractivity contribution in [1.82, 2.24) is 9.78 Å². The Kier molecular flexibility index (Phi) is 4.55. The Morgan fingerprint density at radius 1 is 1.41 bits per heavy atom. The summed E-state index contributed by atoms with van der Waals surface area (Å²) in [7, 11) is 1.42. The standard InChI is InChI=1S/C13H10BrF4N3O/c1-21-6-8(11(20-21)5-13(16,17)18)12(22)19-10-3-2-7(15)4-9(10)14/h2-4,6H,5H2,1H3,(H,19,22). The summed E-state index contributed by atoms with van der Waals surface area (Å²) in [4.78, 5) is 12.1. The number of alkyl halides is 3. The molecule has 0 aliphatic heterocycles. The molecule has 1 heterocycles. The summed E-state index contributed by atoms with van der Waals surface area (Å²) >= 11 is 3.07. The number of aromatic nitrogens is 2. The predicted octanol–water partition coefficient (Wildman–Crippen LogP) is 3.68. The zero-order valence-corrected chi connectivity index (χ0v) is 12.8. The first-order valence-electron chi connectivity index (χ1n) is 6.01. The summed E-state index contributed by atoms with van der Waals surface area (Å²) in [6, 6.07) is 3.56. The van der Waals surface area contributed by atoms with E-state index in [-0.39, 0.29) is 21.4 Å². The number of benzene rings is 1. The minimum Gasteiger partial charge on any atom is -0.321 e. The molecule has 9 heteroatoms. The third-order valence-electron chi connectivity index (χ3n) is 2.70. The molecule has 0 radical (unpaired) electrons. The molecule has 0 unspecified atom stereocenters. The van der Waals surface area contributed by atoms with Gasteiger partial charge in [0.1, 0.15) is 5.82 Å². The molecular formula is C13H10BrF4N3O. The fourth-order valence-electron chi connectivity index (χ4n) is 1.83. The lowest BCUT2D eigenvalue weighted by atomic mass is 10.1. The number of nitrogens with zero attached hydrogens (tertiary/aromatic N) is 2. The van der Waals surface area contributed by atoms with Gasteiger partial charge in [-0.15, -0.1) is 0 Å². The van der Waals surface area contributed by atoms with Gasteiger partial charge in [0.05, 0.1) is 23.4 Å². The number of aryl methyl sites for hydroxylation is 1. The van der Waals surface area contributed by atoms with Crippen LogP contribution in [-0.2, 0) is 13.5 Å². The molecule has 0 spiro atoms. The highest BCUT2D eigenvalue weighted by Crippen LogP contribution is 2.26. The quantitative estimate of drug-likeness (QED) is 0.826. The minimum atomic E-state index is -4.47. The molecule has 118 valence electrons. The van der Waals surface area contributed by atoms with Gasteiger partial charge in [-0.3, -0.25) is 9.48 Å². The van der Waals surface area contributed by atoms with Gasteiger partial charge >= 0.3 is 6.18 Å². The third kappa shape index (κ3) is 4.06. The van der Waals surface area contributed by atoms with Gasteiger partial charge in [0.2, 0.25) is 0 Å². The van der Waals surface area contributed by atoms with Crippen molar-refractivity contribution in [2.75, 3.05) is 5.32 Å². The Morgan fingerprint density at radius 3 is 2.68 bits per heavy atom. The maximum atomic E-state index is 13.0. The van der Waals surface area contributed by atoms with Crippen LogP contribution in [0.1, 0.15) is 16.1 Å². The number of rotatable bonds is 3. The van der Waals surface area contributed by atoms with Crippen molar-refractivity contribution in [3.8, 4) is 0 Å². The molecule has 1 aromatic carbocycles. The highest BCUT2D eigenvalue weighted by Gasteiger charge is 2.32. The van der Waals surface area contributed by atoms with E-state index in [1.54, 1.807) is 0 Å². The Labute approximate surface area is 131 Å². The zero-order valence-electron chi connectivity index (χ0n) is 11.2. The van der Waals surface area contributed by atoms with E-state index in [4.69, 9.17) is 0 Å². The second-order valence-electron chi connectivity index (χ2n) is 4.53. The molecular weight excluding hydrogens is 370 g/mol. The highest BCUT2D eigenvalue weighted by atomic mass is 79.9. The normalized spacial score (nSPS) is 11.5. The van der Waals surface area contributed by atoms with E-state index in [0.29, 0.717) is 0 Å². The van der Waals surface area contributed by atoms with Crippen LogP contribution in [0.3, 0.4) is 0 Å². The van der Waals surface area contributed by atoms with E-state index >= 15 is 0 Å². The first kappa shape index (κ1) is 16.5. The first-order chi connectivity index (χ1) is 10.2. The van der Waals surface area contributed by atoms with Gasteiger partial charge in [0, 0.05) is 17.7 Å². The summed E-state index contributed by atoms with van der Waals surface area (Å²) < 4.78 is 51.9. The number of anilines is 1. The second kappa shape index (κ2) is 6.07. The van der Waals surface area contributed by atoms with Crippen LogP contribution in [0.5, 0.6) is 0 Å². The average molecular weight is 380 g/mol. The fourth-order valence-corrected chi connectivity index (χ4v) is 2.28. The number of amides is 1. The van der Waals surface area contributed by atoms with Crippen LogP contribution < -0.4 is 5.32 Å². The van der Waals surface area contributed by atoms with Crippen molar-refractivity contribution >= 4 is 27.5 Å². The zero-order chi connectivity index (χ0) is 16.5. The van der Waals surface area contributed by atoms with E-state index in [1.807, 2.05) is 0 Å². The molecule has 22 heavy (non-hydrogen) atoms. The van der Waals surface area contributed by atoms with Crippen molar-refractivity contribution in [3.05, 3.63) is 45.9 Å². The van der Waals surface area contributed by atoms with Crippen LogP contribution in [0.4, 0.5) is 23.2 Å². The van der Waals surface area contributed by atoms with Gasteiger partial charge in [0.25, 0.3) is 5.91 Å². The lowest BCUT2D eigenvalue weighted by Crippen LogP contribution is -2.18. The summed E-state index contributed by atoms with van der Waals surface area (Å²) in [5, 5.41) is 6.08. The molecule has 2 aromatic rings. The molecule has 0 fully saturated rings. The van der Waals surface area contributed by atoms with E-state index in [2.05, 4.69) is 26.3 Å². The van der Waals surface area contributed by atoms with E-state index < -0.39 is 24.3 Å². The number of nitrogens with one attached hydrogen (secondary N) is 1. The third-order valence-corrected chi connectivity index (χ3v) is 3.35. The monoisotopic (exact) mass is 379 g/mol. The summed E-state index contributed by atoms with van der Waals surface area (Å²) in [6.45, 7) is 0. The maximum Gasteiger partial charge on any atom is 0.394 e. The van der Waals surface area contributed by atoms with Crippen LogP contribution >= 0.6 is 15.9 Å². The van der Waals surface area contributed by atoms with Crippen LogP contribution in [-0.4, -0.2) is 21.9 Å². The summed E-state index contributed by atoms with van der Waals surface area (Å²) in [5.74, 6) is -1.26. The molecule has 0 atom stereocenters. The van der Waals surface area contributed by atoms with Crippen molar-refractivity contribution in [3.63, 3.8) is 0 Å². The topological polar surface area (TPSA) is 46.9 Å². The van der Waals surface area contributed by atoms with E-state index in [1.165, 1.54) is 19.3 Å². The van der Waals surface area contributed by atoms with E-state index in [9.17, 15) is 22.4 Å². The van der Waals surface area contributed by atoms with Gasteiger partial charge in [0.15, 0.2) is 0 Å². The van der Waals surface area contributed by atoms with Gasteiger partial charge < -0.3 is 5.32 Å². The summed E-state index contributed by atoms with van der Waals surface area (Å²) in [5.41, 5.74) is -0.310. The van der Waals surface area contributed by atoms with Crippen LogP contribution in [0.2, 0.25) is 0 Å². The number of carbonyl (C=O) groups excluding carboxylic acids is 1. The fraction of sp³-hybridized carbons (Fsp3) is 0.231. The highest BCUT2D eigenvalue weighted by molar-refractivity contribution is 9.10. The smallest absolute Gasteiger partial charge is 0.321 e. The van der Waals surface area contributed by atoms with E-state index in [0.717, 1.165) is 16.8 Å². The molecule has 1 N–H and O–H groups in total. The summed E-state index contributed by atoms with van der Waals surface area (Å²) in [6.07, 6.45) is -4.57. The average Bonchev–Trinajstić information content (AvgIpc) is 2.71. The van der Waals surface area contributed by atoms with Crippen LogP contribution in [0.25, 0.3) is 0 Å². The molecule has 4 nitrogen and oxygen atoms in total.